The lowest BCUT2D eigenvalue weighted by molar-refractivity contribution is -0.235. The van der Waals surface area contributed by atoms with Crippen LogP contribution < -0.4 is 0 Å². The van der Waals surface area contributed by atoms with E-state index in [1.807, 2.05) is 32.0 Å². The normalized spacial score (nSPS) is 25.7. The molecule has 0 bridgehead atoms. The van der Waals surface area contributed by atoms with Gasteiger partial charge in [-0.25, -0.2) is 0 Å². The summed E-state index contributed by atoms with van der Waals surface area (Å²) in [5, 5.41) is 28.2. The van der Waals surface area contributed by atoms with Gasteiger partial charge in [-0.1, -0.05) is 18.2 Å². The first-order valence-corrected chi connectivity index (χ1v) is 6.78. The number of hydrogen-bond acceptors (Lipinski definition) is 6. The van der Waals surface area contributed by atoms with Crippen LogP contribution in [0.1, 0.15) is 23.0 Å². The van der Waals surface area contributed by atoms with Crippen LogP contribution in [0.4, 0.5) is 0 Å². The second-order valence-electron chi connectivity index (χ2n) is 5.25. The smallest absolute Gasteiger partial charge is 0.190 e. The van der Waals surface area contributed by atoms with E-state index >= 15 is 0 Å². The van der Waals surface area contributed by atoms with Crippen molar-refractivity contribution in [3.63, 3.8) is 0 Å². The Morgan fingerprint density at radius 2 is 2.00 bits per heavy atom. The van der Waals surface area contributed by atoms with Crippen molar-refractivity contribution in [1.29, 1.82) is 0 Å². The molecular weight excluding hydrogens is 276 g/mol. The van der Waals surface area contributed by atoms with E-state index in [0.29, 0.717) is 0 Å². The third-order valence-electron chi connectivity index (χ3n) is 3.66. The first kappa shape index (κ1) is 16.1. The number of carbonyl (C=O) groups is 1. The summed E-state index contributed by atoms with van der Waals surface area (Å²) in [6.07, 6.45) is -4.92. The third-order valence-corrected chi connectivity index (χ3v) is 3.66. The SMILES string of the molecule is Cc1ccc(C2OCC(=O)[C@@H]([C@@H](O)[C@H](O)CO)O2)cc1C. The van der Waals surface area contributed by atoms with Crippen LogP contribution in [0.3, 0.4) is 0 Å². The molecule has 1 saturated heterocycles. The molecule has 21 heavy (non-hydrogen) atoms. The van der Waals surface area contributed by atoms with Crippen molar-refractivity contribution in [1.82, 2.24) is 0 Å². The summed E-state index contributed by atoms with van der Waals surface area (Å²) in [6.45, 7) is 3.07. The maximum Gasteiger partial charge on any atom is 0.190 e. The van der Waals surface area contributed by atoms with Gasteiger partial charge in [0.1, 0.15) is 18.8 Å². The molecule has 0 amide bonds. The second-order valence-corrected chi connectivity index (χ2v) is 5.25. The van der Waals surface area contributed by atoms with E-state index < -0.39 is 37.0 Å². The van der Waals surface area contributed by atoms with E-state index in [-0.39, 0.29) is 6.61 Å². The van der Waals surface area contributed by atoms with Crippen LogP contribution in [0.5, 0.6) is 0 Å². The van der Waals surface area contributed by atoms with Gasteiger partial charge in [0.25, 0.3) is 0 Å². The summed E-state index contributed by atoms with van der Waals surface area (Å²) < 4.78 is 10.8. The maximum absolute atomic E-state index is 11.8. The van der Waals surface area contributed by atoms with E-state index in [1.165, 1.54) is 0 Å². The summed E-state index contributed by atoms with van der Waals surface area (Å²) >= 11 is 0. The molecule has 0 aliphatic carbocycles. The largest absolute Gasteiger partial charge is 0.394 e. The van der Waals surface area contributed by atoms with Gasteiger partial charge in [0.05, 0.1) is 6.61 Å². The van der Waals surface area contributed by atoms with Gasteiger partial charge in [-0.15, -0.1) is 0 Å². The van der Waals surface area contributed by atoms with Crippen LogP contribution in [0, 0.1) is 13.8 Å². The molecule has 0 saturated carbocycles. The lowest BCUT2D eigenvalue weighted by Gasteiger charge is -2.33. The molecule has 1 aliphatic heterocycles. The van der Waals surface area contributed by atoms with Crippen LogP contribution in [-0.4, -0.2) is 52.6 Å². The Labute approximate surface area is 122 Å². The fourth-order valence-electron chi connectivity index (χ4n) is 2.16. The molecule has 1 aromatic rings. The van der Waals surface area contributed by atoms with Gasteiger partial charge in [-0.05, 0) is 25.0 Å². The Bertz CT molecular complexity index is 515. The Morgan fingerprint density at radius 1 is 1.29 bits per heavy atom. The molecule has 0 aromatic heterocycles. The molecule has 2 rings (SSSR count). The highest BCUT2D eigenvalue weighted by atomic mass is 16.7. The maximum atomic E-state index is 11.8. The summed E-state index contributed by atoms with van der Waals surface area (Å²) in [7, 11) is 0. The van der Waals surface area contributed by atoms with Gasteiger partial charge in [0, 0.05) is 5.56 Å². The summed E-state index contributed by atoms with van der Waals surface area (Å²) in [6, 6.07) is 5.64. The standard InChI is InChI=1S/C15H20O6/c1-8-3-4-10(5-9(8)2)15-20-7-12(18)14(21-15)13(19)11(17)6-16/h3-5,11,13-17,19H,6-7H2,1-2H3/t11-,13+,14+,15?/m1/s1. The van der Waals surface area contributed by atoms with E-state index in [9.17, 15) is 15.0 Å². The first-order valence-electron chi connectivity index (χ1n) is 6.78. The minimum absolute atomic E-state index is 0.211. The fourth-order valence-corrected chi connectivity index (χ4v) is 2.16. The topological polar surface area (TPSA) is 96.2 Å². The number of benzene rings is 1. The lowest BCUT2D eigenvalue weighted by Crippen LogP contribution is -2.50. The average molecular weight is 296 g/mol. The Morgan fingerprint density at radius 3 is 2.62 bits per heavy atom. The molecule has 0 radical (unpaired) electrons. The second kappa shape index (κ2) is 6.64. The number of aliphatic hydroxyl groups is 3. The van der Waals surface area contributed by atoms with Crippen molar-refractivity contribution < 1.29 is 29.6 Å². The molecule has 3 N–H and O–H groups in total. The molecular formula is C15H20O6. The fraction of sp³-hybridized carbons (Fsp3) is 0.533. The highest BCUT2D eigenvalue weighted by Crippen LogP contribution is 2.28. The van der Waals surface area contributed by atoms with Gasteiger partial charge in [0.15, 0.2) is 18.2 Å². The number of aliphatic hydroxyl groups excluding tert-OH is 3. The lowest BCUT2D eigenvalue weighted by atomic mass is 10.0. The average Bonchev–Trinajstić information content (AvgIpc) is 2.49. The van der Waals surface area contributed by atoms with Crippen molar-refractivity contribution in [3.05, 3.63) is 34.9 Å². The van der Waals surface area contributed by atoms with Gasteiger partial charge in [0.2, 0.25) is 0 Å². The summed E-state index contributed by atoms with van der Waals surface area (Å²) in [5.74, 6) is -0.463. The quantitative estimate of drug-likeness (QED) is 0.724. The highest BCUT2D eigenvalue weighted by molar-refractivity contribution is 5.85. The number of hydrogen-bond donors (Lipinski definition) is 3. The third kappa shape index (κ3) is 3.48. The Balaban J connectivity index is 2.16. The molecule has 1 aromatic carbocycles. The molecule has 1 fully saturated rings. The molecule has 0 spiro atoms. The van der Waals surface area contributed by atoms with Crippen LogP contribution in [0.2, 0.25) is 0 Å². The van der Waals surface area contributed by atoms with Gasteiger partial charge in [-0.2, -0.15) is 0 Å². The number of ketones is 1. The predicted molar refractivity (Wildman–Crippen MR) is 73.6 cm³/mol. The molecule has 6 nitrogen and oxygen atoms in total. The molecule has 116 valence electrons. The molecule has 4 atom stereocenters. The first-order chi connectivity index (χ1) is 9.93. The molecule has 1 heterocycles. The van der Waals surface area contributed by atoms with E-state index in [0.717, 1.165) is 16.7 Å². The van der Waals surface area contributed by atoms with Gasteiger partial charge < -0.3 is 24.8 Å². The summed E-state index contributed by atoms with van der Waals surface area (Å²) in [4.78, 5) is 11.8. The number of carbonyl (C=O) groups excluding carboxylic acids is 1. The zero-order valence-corrected chi connectivity index (χ0v) is 12.0. The van der Waals surface area contributed by atoms with Crippen LogP contribution in [-0.2, 0) is 14.3 Å². The highest BCUT2D eigenvalue weighted by Gasteiger charge is 2.38. The van der Waals surface area contributed by atoms with Gasteiger partial charge in [-0.3, -0.25) is 4.79 Å². The van der Waals surface area contributed by atoms with Gasteiger partial charge >= 0.3 is 0 Å². The van der Waals surface area contributed by atoms with Crippen molar-refractivity contribution >= 4 is 5.78 Å². The zero-order chi connectivity index (χ0) is 15.6. The minimum atomic E-state index is -1.49. The van der Waals surface area contributed by atoms with E-state index in [4.69, 9.17) is 14.6 Å². The Kier molecular flexibility index (Phi) is 5.08. The van der Waals surface area contributed by atoms with E-state index in [1.54, 1.807) is 0 Å². The summed E-state index contributed by atoms with van der Waals surface area (Å²) in [5.41, 5.74) is 2.92. The zero-order valence-electron chi connectivity index (χ0n) is 12.0. The Hall–Kier alpha value is -1.31. The van der Waals surface area contributed by atoms with Crippen LogP contribution in [0.25, 0.3) is 0 Å². The van der Waals surface area contributed by atoms with Crippen LogP contribution >= 0.6 is 0 Å². The number of ether oxygens (including phenoxy) is 2. The van der Waals surface area contributed by atoms with Crippen LogP contribution in [0.15, 0.2) is 18.2 Å². The van der Waals surface area contributed by atoms with Crippen molar-refractivity contribution in [2.75, 3.05) is 13.2 Å². The number of Topliss-reactive ketones (excluding diaryl/α,β-unsaturated/α-hetero) is 1. The number of rotatable bonds is 4. The predicted octanol–water partition coefficient (Wildman–Crippen LogP) is 0.000640. The van der Waals surface area contributed by atoms with Crippen molar-refractivity contribution in [2.45, 2.75) is 38.4 Å². The molecule has 1 aliphatic rings. The van der Waals surface area contributed by atoms with Crippen molar-refractivity contribution in [2.24, 2.45) is 0 Å². The van der Waals surface area contributed by atoms with E-state index in [2.05, 4.69) is 0 Å². The molecule has 6 heteroatoms. The minimum Gasteiger partial charge on any atom is -0.394 e. The monoisotopic (exact) mass is 296 g/mol. The number of aryl methyl sites for hydroxylation is 2. The van der Waals surface area contributed by atoms with Crippen molar-refractivity contribution in [3.8, 4) is 0 Å². The molecule has 1 unspecified atom stereocenters.